The van der Waals surface area contributed by atoms with Crippen LogP contribution in [-0.2, 0) is 32.0 Å². The van der Waals surface area contributed by atoms with E-state index in [9.17, 15) is 24.0 Å². The second kappa shape index (κ2) is 13.2. The third kappa shape index (κ3) is 9.17. The van der Waals surface area contributed by atoms with Crippen LogP contribution in [0.5, 0.6) is 0 Å². The lowest BCUT2D eigenvalue weighted by molar-refractivity contribution is -0.170. The molecule has 1 aliphatic carbocycles. The van der Waals surface area contributed by atoms with E-state index in [1.165, 1.54) is 12.8 Å². The van der Waals surface area contributed by atoms with E-state index in [1.54, 1.807) is 0 Å². The summed E-state index contributed by atoms with van der Waals surface area (Å²) in [6.07, 6.45) is 2.63. The standard InChI is InChI=1S/C21H32N2O3.C6H8O7/c1-5-15(13-23-8-6-7-9-23)22-19(25)10-16-14(2)26-18-12-21(3,4)11-17(24)20(16)18;7-3(8)1-6(13,5(11)12)2-4(9)10/h15H,5-13H2,1-4H3,(H,22,25);13H,1-2H2,(H,7,8)(H,9,10)(H,11,12). The number of aryl methyl sites for hydroxylation is 1. The van der Waals surface area contributed by atoms with Crippen molar-refractivity contribution in [3.05, 3.63) is 22.6 Å². The van der Waals surface area contributed by atoms with Gasteiger partial charge in [-0.2, -0.15) is 0 Å². The molecule has 1 aliphatic heterocycles. The largest absolute Gasteiger partial charge is 0.481 e. The van der Waals surface area contributed by atoms with Gasteiger partial charge >= 0.3 is 17.9 Å². The normalized spacial score (nSPS) is 17.5. The molecule has 1 atom stereocenters. The molecule has 0 bridgehead atoms. The second-order valence-corrected chi connectivity index (χ2v) is 11.2. The molecule has 12 nitrogen and oxygen atoms in total. The number of furan rings is 1. The highest BCUT2D eigenvalue weighted by Gasteiger charge is 2.41. The Kier molecular flexibility index (Phi) is 10.8. The van der Waals surface area contributed by atoms with Crippen LogP contribution in [-0.4, -0.2) is 86.2 Å². The summed E-state index contributed by atoms with van der Waals surface area (Å²) in [5, 5.41) is 37.0. The molecule has 218 valence electrons. The van der Waals surface area contributed by atoms with Crippen molar-refractivity contribution in [2.24, 2.45) is 5.41 Å². The van der Waals surface area contributed by atoms with E-state index in [4.69, 9.17) is 24.8 Å². The van der Waals surface area contributed by atoms with Gasteiger partial charge in [-0.15, -0.1) is 0 Å². The fourth-order valence-electron chi connectivity index (χ4n) is 5.03. The number of nitrogens with zero attached hydrogens (tertiary/aromatic N) is 1. The fraction of sp³-hybridized carbons (Fsp3) is 0.667. The first-order chi connectivity index (χ1) is 18.1. The minimum absolute atomic E-state index is 0.0135. The molecule has 0 radical (unpaired) electrons. The van der Waals surface area contributed by atoms with Crippen LogP contribution in [0.3, 0.4) is 0 Å². The molecule has 2 heterocycles. The molecule has 12 heteroatoms. The van der Waals surface area contributed by atoms with E-state index in [2.05, 4.69) is 31.0 Å². The number of aliphatic hydroxyl groups is 1. The van der Waals surface area contributed by atoms with Gasteiger partial charge < -0.3 is 35.1 Å². The number of amides is 1. The van der Waals surface area contributed by atoms with E-state index >= 15 is 0 Å². The molecule has 0 aromatic carbocycles. The van der Waals surface area contributed by atoms with Crippen molar-refractivity contribution in [1.29, 1.82) is 0 Å². The lowest BCUT2D eigenvalue weighted by Gasteiger charge is -2.27. The topological polar surface area (TPSA) is 195 Å². The average Bonchev–Trinajstić information content (AvgIpc) is 3.39. The van der Waals surface area contributed by atoms with Crippen molar-refractivity contribution in [2.45, 2.75) is 90.7 Å². The van der Waals surface area contributed by atoms with Gasteiger partial charge in [0.25, 0.3) is 0 Å². The summed E-state index contributed by atoms with van der Waals surface area (Å²) in [5.41, 5.74) is -1.35. The highest BCUT2D eigenvalue weighted by Crippen LogP contribution is 2.38. The number of carbonyl (C=O) groups is 5. The molecule has 2 aliphatic rings. The van der Waals surface area contributed by atoms with Gasteiger partial charge in [0.2, 0.25) is 5.91 Å². The second-order valence-electron chi connectivity index (χ2n) is 11.2. The van der Waals surface area contributed by atoms with Crippen LogP contribution in [0.4, 0.5) is 0 Å². The zero-order chi connectivity index (χ0) is 29.5. The SMILES string of the molecule is CCC(CN1CCCC1)NC(=O)Cc1c(C)oc2c1C(=O)CC(C)(C)C2.O=C(O)CC(O)(CC(=O)O)C(=O)O. The van der Waals surface area contributed by atoms with Crippen LogP contribution in [0, 0.1) is 12.3 Å². The lowest BCUT2D eigenvalue weighted by Crippen LogP contribution is -2.43. The van der Waals surface area contributed by atoms with Crippen molar-refractivity contribution in [2.75, 3.05) is 19.6 Å². The summed E-state index contributed by atoms with van der Waals surface area (Å²) < 4.78 is 5.87. The molecule has 1 amide bonds. The molecule has 1 fully saturated rings. The number of likely N-dealkylation sites (tertiary alicyclic amines) is 1. The zero-order valence-corrected chi connectivity index (χ0v) is 23.0. The average molecular weight is 553 g/mol. The smallest absolute Gasteiger partial charge is 0.336 e. The molecule has 3 rings (SSSR count). The van der Waals surface area contributed by atoms with Gasteiger partial charge in [0, 0.05) is 31.0 Å². The third-order valence-corrected chi connectivity index (χ3v) is 7.00. The van der Waals surface area contributed by atoms with Crippen molar-refractivity contribution < 1.29 is 48.8 Å². The van der Waals surface area contributed by atoms with Gasteiger partial charge in [-0.25, -0.2) is 4.79 Å². The van der Waals surface area contributed by atoms with Crippen molar-refractivity contribution >= 4 is 29.6 Å². The molecule has 5 N–H and O–H groups in total. The summed E-state index contributed by atoms with van der Waals surface area (Å²) >= 11 is 0. The summed E-state index contributed by atoms with van der Waals surface area (Å²) in [6.45, 7) is 11.3. The first kappa shape index (κ1) is 32.0. The van der Waals surface area contributed by atoms with E-state index in [0.717, 1.165) is 43.8 Å². The Bertz CT molecular complexity index is 1070. The maximum Gasteiger partial charge on any atom is 0.336 e. The number of hydrogen-bond acceptors (Lipinski definition) is 8. The Morgan fingerprint density at radius 2 is 1.62 bits per heavy atom. The number of carboxylic acids is 3. The maximum absolute atomic E-state index is 12.6. The Hall–Kier alpha value is -3.25. The number of hydrogen-bond donors (Lipinski definition) is 5. The number of carbonyl (C=O) groups excluding carboxylic acids is 2. The maximum atomic E-state index is 12.6. The van der Waals surface area contributed by atoms with Crippen LogP contribution < -0.4 is 5.32 Å². The number of carboxylic acid groups (broad SMARTS) is 3. The first-order valence-electron chi connectivity index (χ1n) is 13.1. The highest BCUT2D eigenvalue weighted by atomic mass is 16.4. The lowest BCUT2D eigenvalue weighted by atomic mass is 9.75. The fourth-order valence-corrected chi connectivity index (χ4v) is 5.03. The molecule has 1 saturated heterocycles. The molecule has 1 aromatic heterocycles. The van der Waals surface area contributed by atoms with Gasteiger partial charge in [0.1, 0.15) is 11.5 Å². The predicted octanol–water partition coefficient (Wildman–Crippen LogP) is 2.03. The Morgan fingerprint density at radius 1 is 1.05 bits per heavy atom. The molecular weight excluding hydrogens is 512 g/mol. The molecule has 1 aromatic rings. The van der Waals surface area contributed by atoms with Gasteiger partial charge in [-0.1, -0.05) is 20.8 Å². The minimum atomic E-state index is -2.74. The Morgan fingerprint density at radius 3 is 2.10 bits per heavy atom. The number of Topliss-reactive ketones (excluding diaryl/α,β-unsaturated/α-hetero) is 1. The van der Waals surface area contributed by atoms with E-state index in [1.807, 2.05) is 6.92 Å². The van der Waals surface area contributed by atoms with Crippen LogP contribution in [0.25, 0.3) is 0 Å². The third-order valence-electron chi connectivity index (χ3n) is 7.00. The summed E-state index contributed by atoms with van der Waals surface area (Å²) in [4.78, 5) is 58.2. The molecular formula is C27H40N2O10. The van der Waals surface area contributed by atoms with Crippen LogP contribution in [0.15, 0.2) is 4.42 Å². The van der Waals surface area contributed by atoms with Crippen LogP contribution in [0.1, 0.15) is 86.7 Å². The monoisotopic (exact) mass is 552 g/mol. The first-order valence-corrected chi connectivity index (χ1v) is 13.1. The molecule has 1 unspecified atom stereocenters. The van der Waals surface area contributed by atoms with Crippen molar-refractivity contribution in [3.8, 4) is 0 Å². The molecule has 0 saturated carbocycles. The summed E-state index contributed by atoms with van der Waals surface area (Å²) in [7, 11) is 0. The number of aliphatic carboxylic acids is 3. The predicted molar refractivity (Wildman–Crippen MR) is 139 cm³/mol. The van der Waals surface area contributed by atoms with Crippen LogP contribution >= 0.6 is 0 Å². The van der Waals surface area contributed by atoms with Crippen molar-refractivity contribution in [3.63, 3.8) is 0 Å². The van der Waals surface area contributed by atoms with Crippen LogP contribution in [0.2, 0.25) is 0 Å². The summed E-state index contributed by atoms with van der Waals surface area (Å²) in [6, 6.07) is 0.165. The van der Waals surface area contributed by atoms with Gasteiger partial charge in [-0.3, -0.25) is 19.2 Å². The number of ketones is 1. The van der Waals surface area contributed by atoms with E-state index < -0.39 is 36.4 Å². The van der Waals surface area contributed by atoms with E-state index in [0.29, 0.717) is 17.7 Å². The van der Waals surface area contributed by atoms with Gasteiger partial charge in [0.15, 0.2) is 11.4 Å². The molecule has 39 heavy (non-hydrogen) atoms. The molecule has 0 spiro atoms. The van der Waals surface area contributed by atoms with Crippen molar-refractivity contribution in [1.82, 2.24) is 10.2 Å². The number of rotatable bonds is 11. The Balaban J connectivity index is 0.000000349. The zero-order valence-electron chi connectivity index (χ0n) is 23.0. The van der Waals surface area contributed by atoms with Gasteiger partial charge in [0.05, 0.1) is 24.8 Å². The Labute approximate surface area is 227 Å². The number of fused-ring (bicyclic) bond motifs is 1. The van der Waals surface area contributed by atoms with Gasteiger partial charge in [-0.05, 0) is 44.7 Å². The summed E-state index contributed by atoms with van der Waals surface area (Å²) in [5.74, 6) is -3.45. The minimum Gasteiger partial charge on any atom is -0.481 e. The number of nitrogens with one attached hydrogen (secondary N) is 1. The highest BCUT2D eigenvalue weighted by molar-refractivity contribution is 6.01. The quantitative estimate of drug-likeness (QED) is 0.269. The van der Waals surface area contributed by atoms with E-state index in [-0.39, 0.29) is 29.6 Å².